The molecule has 0 atom stereocenters. The summed E-state index contributed by atoms with van der Waals surface area (Å²) in [5.74, 6) is -0.243. The van der Waals surface area contributed by atoms with Gasteiger partial charge in [-0.15, -0.1) is 0 Å². The number of alkyl halides is 3. The minimum Gasteiger partial charge on any atom is -0.303 e. The first-order valence-corrected chi connectivity index (χ1v) is 11.4. The number of likely N-dealkylation sites (tertiary alicyclic amines) is 1. The average molecular weight is 468 g/mol. The summed E-state index contributed by atoms with van der Waals surface area (Å²) in [7, 11) is 6.25. The monoisotopic (exact) mass is 468 g/mol. The first-order chi connectivity index (χ1) is 16.0. The van der Waals surface area contributed by atoms with Crippen molar-refractivity contribution >= 4 is 46.3 Å². The zero-order valence-electron chi connectivity index (χ0n) is 19.6. The Bertz CT molecular complexity index is 1170. The zero-order chi connectivity index (χ0) is 24.5. The number of carbonyl (C=O) groups is 1. The summed E-state index contributed by atoms with van der Waals surface area (Å²) in [5, 5.41) is 7.96. The fraction of sp³-hybridized carbons (Fsp3) is 0.429. The number of aromatic nitrogens is 4. The Morgan fingerprint density at radius 2 is 1.85 bits per heavy atom. The molecule has 13 heteroatoms. The molecule has 3 aromatic rings. The third-order valence-electron chi connectivity index (χ3n) is 6.09. The van der Waals surface area contributed by atoms with Crippen LogP contribution in [0.1, 0.15) is 19.3 Å². The van der Waals surface area contributed by atoms with Crippen molar-refractivity contribution in [1.82, 2.24) is 24.6 Å². The van der Waals surface area contributed by atoms with Crippen LogP contribution in [0.25, 0.3) is 22.0 Å². The molecule has 34 heavy (non-hydrogen) atoms. The number of hydrogen-bond acceptors (Lipinski definition) is 5. The Labute approximate surface area is 198 Å². The topological polar surface area (TPSA) is 75.9 Å². The molecule has 1 aromatic carbocycles. The van der Waals surface area contributed by atoms with Crippen LogP contribution in [-0.4, -0.2) is 79.9 Å². The number of fused-ring (bicyclic) bond motifs is 1. The number of nitrogens with zero attached hydrogens (tertiary/aromatic N) is 5. The molecule has 1 saturated heterocycles. The molecule has 176 valence electrons. The molecule has 1 aliphatic heterocycles. The van der Waals surface area contributed by atoms with E-state index in [4.69, 9.17) is 0 Å². The van der Waals surface area contributed by atoms with Crippen LogP contribution >= 0.6 is 0 Å². The molecule has 0 saturated carbocycles. The second-order valence-corrected chi connectivity index (χ2v) is 9.78. The fourth-order valence-corrected chi connectivity index (χ4v) is 4.02. The van der Waals surface area contributed by atoms with Crippen LogP contribution in [0.3, 0.4) is 0 Å². The van der Waals surface area contributed by atoms with Gasteiger partial charge in [0.05, 0.1) is 18.1 Å². The summed E-state index contributed by atoms with van der Waals surface area (Å²) < 4.78 is 39.2. The number of amides is 1. The maximum absolute atomic E-state index is 12.7. The highest BCUT2D eigenvalue weighted by Crippen LogP contribution is 2.26. The lowest BCUT2D eigenvalue weighted by Gasteiger charge is -2.31. The van der Waals surface area contributed by atoms with Crippen molar-refractivity contribution < 1.29 is 18.0 Å². The number of carbonyl (C=O) groups excluding carboxylic acids is 1. The number of rotatable bonds is 6. The van der Waals surface area contributed by atoms with E-state index < -0.39 is 12.6 Å². The second kappa shape index (κ2) is 9.44. The van der Waals surface area contributed by atoms with Gasteiger partial charge >= 0.3 is 6.18 Å². The third-order valence-corrected chi connectivity index (χ3v) is 6.09. The van der Waals surface area contributed by atoms with E-state index >= 15 is 0 Å². The van der Waals surface area contributed by atoms with E-state index in [1.807, 2.05) is 35.3 Å². The number of halogens is 3. The summed E-state index contributed by atoms with van der Waals surface area (Å²) in [5.41, 5.74) is 2.64. The highest BCUT2D eigenvalue weighted by molar-refractivity contribution is 6.56. The smallest absolute Gasteiger partial charge is 0.303 e. The Morgan fingerprint density at radius 1 is 1.12 bits per heavy atom. The lowest BCUT2D eigenvalue weighted by molar-refractivity contribution is -0.139. The van der Waals surface area contributed by atoms with Gasteiger partial charge in [0.1, 0.15) is 23.5 Å². The van der Waals surface area contributed by atoms with Crippen molar-refractivity contribution in [2.45, 2.75) is 30.7 Å². The van der Waals surface area contributed by atoms with Gasteiger partial charge < -0.3 is 4.90 Å². The molecule has 0 unspecified atom stereocenters. The van der Waals surface area contributed by atoms with Gasteiger partial charge in [-0.3, -0.25) is 14.8 Å². The molecule has 0 aliphatic carbocycles. The maximum atomic E-state index is 12.7. The van der Waals surface area contributed by atoms with E-state index in [9.17, 15) is 18.0 Å². The first kappa shape index (κ1) is 24.3. The minimum atomic E-state index is -4.16. The highest BCUT2D eigenvalue weighted by atomic mass is 19.4. The molecule has 0 radical (unpaired) electrons. The maximum Gasteiger partial charge on any atom is 0.390 e. The number of benzene rings is 1. The summed E-state index contributed by atoms with van der Waals surface area (Å²) in [6.45, 7) is 0.916. The normalized spacial score (nSPS) is 16.1. The SMILES string of the molecule is BC(B)(B)n1cc(-c2ccc3cnc(NC(=O)C4CCN(CCC(F)(F)F)CC4)nc3c2)cn1. The molecule has 4 rings (SSSR count). The number of nitrogens with one attached hydrogen (secondary N) is 1. The van der Waals surface area contributed by atoms with Crippen LogP contribution in [0.15, 0.2) is 36.8 Å². The number of hydrogen-bond donors (Lipinski definition) is 1. The number of piperidine rings is 1. The van der Waals surface area contributed by atoms with Crippen LogP contribution in [0.5, 0.6) is 0 Å². The Kier molecular flexibility index (Phi) is 6.75. The summed E-state index contributed by atoms with van der Waals surface area (Å²) in [4.78, 5) is 23.2. The molecule has 1 aliphatic rings. The van der Waals surface area contributed by atoms with Crippen molar-refractivity contribution in [3.63, 3.8) is 0 Å². The van der Waals surface area contributed by atoms with E-state index in [1.165, 1.54) is 0 Å². The lowest BCUT2D eigenvalue weighted by Crippen LogP contribution is -2.39. The fourth-order valence-electron chi connectivity index (χ4n) is 4.02. The van der Waals surface area contributed by atoms with Gasteiger partial charge in [-0.1, -0.05) is 12.1 Å². The quantitative estimate of drug-likeness (QED) is 0.536. The van der Waals surface area contributed by atoms with Crippen molar-refractivity contribution in [3.8, 4) is 11.1 Å². The summed E-state index contributed by atoms with van der Waals surface area (Å²) in [6, 6.07) is 5.86. The van der Waals surface area contributed by atoms with Crippen molar-refractivity contribution in [1.29, 1.82) is 0 Å². The highest BCUT2D eigenvalue weighted by Gasteiger charge is 2.30. The Morgan fingerprint density at radius 3 is 2.50 bits per heavy atom. The van der Waals surface area contributed by atoms with Crippen LogP contribution in [-0.2, 0) is 10.0 Å². The van der Waals surface area contributed by atoms with Gasteiger partial charge in [-0.05, 0) is 42.8 Å². The Balaban J connectivity index is 1.41. The third kappa shape index (κ3) is 6.00. The molecule has 2 aromatic heterocycles. The van der Waals surface area contributed by atoms with Gasteiger partial charge in [-0.25, -0.2) is 9.97 Å². The van der Waals surface area contributed by atoms with E-state index in [1.54, 1.807) is 11.1 Å². The molecule has 1 fully saturated rings. The minimum absolute atomic E-state index is 0.0252. The Hall–Kier alpha value is -2.82. The van der Waals surface area contributed by atoms with E-state index in [-0.39, 0.29) is 29.6 Å². The number of anilines is 1. The predicted molar refractivity (Wildman–Crippen MR) is 133 cm³/mol. The van der Waals surface area contributed by atoms with Crippen molar-refractivity contribution in [3.05, 3.63) is 36.8 Å². The molecule has 1 N–H and O–H groups in total. The average Bonchev–Trinajstić information content (AvgIpc) is 3.28. The molecular weight excluding hydrogens is 442 g/mol. The summed E-state index contributed by atoms with van der Waals surface area (Å²) in [6.07, 6.45) is 1.52. The van der Waals surface area contributed by atoms with Gasteiger partial charge in [0.25, 0.3) is 0 Å². The van der Waals surface area contributed by atoms with Gasteiger partial charge in [0.2, 0.25) is 11.9 Å². The van der Waals surface area contributed by atoms with E-state index in [0.29, 0.717) is 31.4 Å². The van der Waals surface area contributed by atoms with Gasteiger partial charge in [-0.2, -0.15) is 18.3 Å². The standard InChI is InChI=1S/C21H26B3F3N6O/c22-21(23,24)33-12-16(11-29-33)14-1-2-15-10-28-19(30-17(15)9-14)31-18(34)13-3-6-32(7-4-13)8-5-20(25,26)27/h1-2,9-13H,3-8,22-24H2,(H,28,30,31,34). The van der Waals surface area contributed by atoms with Crippen molar-refractivity contribution in [2.24, 2.45) is 5.92 Å². The first-order valence-electron chi connectivity index (χ1n) is 11.4. The van der Waals surface area contributed by atoms with Crippen molar-refractivity contribution in [2.75, 3.05) is 25.0 Å². The lowest BCUT2D eigenvalue weighted by atomic mass is 9.49. The predicted octanol–water partition coefficient (Wildman–Crippen LogP) is 0.563. The van der Waals surface area contributed by atoms with E-state index in [0.717, 1.165) is 16.5 Å². The van der Waals surface area contributed by atoms with Crippen LogP contribution < -0.4 is 5.32 Å². The van der Waals surface area contributed by atoms with Crippen LogP contribution in [0, 0.1) is 5.92 Å². The summed E-state index contributed by atoms with van der Waals surface area (Å²) >= 11 is 0. The largest absolute Gasteiger partial charge is 0.390 e. The van der Waals surface area contributed by atoms with Gasteiger partial charge in [0.15, 0.2) is 0 Å². The molecule has 3 heterocycles. The zero-order valence-corrected chi connectivity index (χ0v) is 19.6. The van der Waals surface area contributed by atoms with E-state index in [2.05, 4.69) is 43.9 Å². The van der Waals surface area contributed by atoms with Crippen LogP contribution in [0.2, 0.25) is 0 Å². The van der Waals surface area contributed by atoms with Crippen LogP contribution in [0.4, 0.5) is 19.1 Å². The molecular formula is C21H26B3F3N6O. The second-order valence-electron chi connectivity index (χ2n) is 9.78. The molecule has 0 spiro atoms. The molecule has 1 amide bonds. The van der Waals surface area contributed by atoms with Gasteiger partial charge in [0, 0.05) is 35.8 Å². The molecule has 0 bridgehead atoms. The molecule has 7 nitrogen and oxygen atoms in total.